The molecule has 7 aromatic carbocycles. The van der Waals surface area contributed by atoms with Gasteiger partial charge in [0.1, 0.15) is 0 Å². The van der Waals surface area contributed by atoms with Gasteiger partial charge in [0.25, 0.3) is 6.71 Å². The van der Waals surface area contributed by atoms with E-state index in [2.05, 4.69) is 272 Å². The van der Waals surface area contributed by atoms with Crippen molar-refractivity contribution in [3.63, 3.8) is 0 Å². The number of nitrogens with zero attached hydrogens (tertiary/aromatic N) is 3. The van der Waals surface area contributed by atoms with E-state index in [-0.39, 0.29) is 33.8 Å². The number of aryl methyl sites for hydroxylation is 2. The zero-order chi connectivity index (χ0) is 49.0. The molecule has 2 heterocycles. The van der Waals surface area contributed by atoms with E-state index in [9.17, 15) is 0 Å². The molecule has 0 atom stereocenters. The van der Waals surface area contributed by atoms with Gasteiger partial charge in [-0.25, -0.2) is 0 Å². The largest absolute Gasteiger partial charge is 0.311 e. The van der Waals surface area contributed by atoms with Crippen molar-refractivity contribution in [3.05, 3.63) is 178 Å². The van der Waals surface area contributed by atoms with Crippen molar-refractivity contribution in [2.45, 2.75) is 145 Å². The summed E-state index contributed by atoms with van der Waals surface area (Å²) in [5, 5.41) is 0. The first-order chi connectivity index (χ1) is 31.7. The summed E-state index contributed by atoms with van der Waals surface area (Å²) in [6.07, 6.45) is 0. The lowest BCUT2D eigenvalue weighted by Gasteiger charge is -2.46. The van der Waals surface area contributed by atoms with Gasteiger partial charge in [-0.15, -0.1) is 0 Å². The Bertz CT molecular complexity index is 2920. The smallest absolute Gasteiger partial charge is 0.252 e. The molecule has 2 aliphatic rings. The van der Waals surface area contributed by atoms with Crippen LogP contribution < -0.4 is 31.1 Å². The molecule has 0 saturated carbocycles. The van der Waals surface area contributed by atoms with E-state index in [4.69, 9.17) is 0 Å². The van der Waals surface area contributed by atoms with Crippen LogP contribution in [0.25, 0.3) is 0 Å². The molecule has 0 spiro atoms. The lowest BCUT2D eigenvalue weighted by atomic mass is 9.33. The van der Waals surface area contributed by atoms with Gasteiger partial charge in [0, 0.05) is 45.5 Å². The molecule has 0 radical (unpaired) electrons. The van der Waals surface area contributed by atoms with Gasteiger partial charge in [-0.3, -0.25) is 0 Å². The van der Waals surface area contributed by atoms with Crippen LogP contribution >= 0.6 is 0 Å². The van der Waals surface area contributed by atoms with E-state index in [1.165, 1.54) is 95.1 Å². The third-order valence-corrected chi connectivity index (χ3v) is 14.6. The molecule has 4 heteroatoms. The monoisotopic (exact) mass is 896 g/mol. The molecule has 68 heavy (non-hydrogen) atoms. The first-order valence-corrected chi connectivity index (χ1v) is 25.0. The van der Waals surface area contributed by atoms with Crippen molar-refractivity contribution in [3.8, 4) is 0 Å². The second-order valence-electron chi connectivity index (χ2n) is 25.1. The fraction of sp³-hybridized carbons (Fsp3) is 0.344. The van der Waals surface area contributed by atoms with Crippen molar-refractivity contribution in [2.75, 3.05) is 14.7 Å². The van der Waals surface area contributed by atoms with Crippen molar-refractivity contribution in [1.82, 2.24) is 0 Å². The Morgan fingerprint density at radius 1 is 0.368 bits per heavy atom. The topological polar surface area (TPSA) is 9.72 Å². The minimum absolute atomic E-state index is 0.00758. The van der Waals surface area contributed by atoms with E-state index >= 15 is 0 Å². The Hall–Kier alpha value is -6.00. The molecule has 0 N–H and O–H groups in total. The second-order valence-corrected chi connectivity index (χ2v) is 25.1. The fourth-order valence-corrected chi connectivity index (χ4v) is 10.4. The molecular formula is C64H74BN3. The Kier molecular flexibility index (Phi) is 11.3. The van der Waals surface area contributed by atoms with Crippen LogP contribution in [0.3, 0.4) is 0 Å². The zero-order valence-corrected chi connectivity index (χ0v) is 44.2. The summed E-state index contributed by atoms with van der Waals surface area (Å²) in [6, 6.07) is 54.6. The van der Waals surface area contributed by atoms with Crippen molar-refractivity contribution < 1.29 is 0 Å². The summed E-state index contributed by atoms with van der Waals surface area (Å²) in [5.74, 6) is 0. The molecule has 9 rings (SSSR count). The highest BCUT2D eigenvalue weighted by Crippen LogP contribution is 2.50. The Balaban J connectivity index is 1.46. The van der Waals surface area contributed by atoms with Gasteiger partial charge in [-0.1, -0.05) is 182 Å². The molecule has 0 aliphatic carbocycles. The van der Waals surface area contributed by atoms with Crippen LogP contribution in [0.4, 0.5) is 51.2 Å². The van der Waals surface area contributed by atoms with Crippen molar-refractivity contribution in [2.24, 2.45) is 0 Å². The molecule has 0 unspecified atom stereocenters. The predicted molar refractivity (Wildman–Crippen MR) is 298 cm³/mol. The van der Waals surface area contributed by atoms with E-state index in [0.717, 1.165) is 11.4 Å². The predicted octanol–water partition coefficient (Wildman–Crippen LogP) is 16.3. The zero-order valence-electron chi connectivity index (χ0n) is 44.2. The summed E-state index contributed by atoms with van der Waals surface area (Å²) in [7, 11) is 0. The summed E-state index contributed by atoms with van der Waals surface area (Å²) < 4.78 is 0. The van der Waals surface area contributed by atoms with Crippen LogP contribution in [0.15, 0.2) is 140 Å². The lowest BCUT2D eigenvalue weighted by Crippen LogP contribution is -2.61. The SMILES string of the molecule is Cc1ccc(N(c2ccc(C(C)(C)C)cc2)c2cc3c4c(c2)N(c2cccc(C(C)(C)C)c2)c2cc(C(C)(C)C)ccc2B4c2ccc(C(C)(C)C)cc2N3c2cccc(C(C)(C)C)c2)c(C)c1. The Morgan fingerprint density at radius 2 is 0.779 bits per heavy atom. The van der Waals surface area contributed by atoms with Gasteiger partial charge >= 0.3 is 0 Å². The summed E-state index contributed by atoms with van der Waals surface area (Å²) in [4.78, 5) is 7.74. The number of fused-ring (bicyclic) bond motifs is 4. The summed E-state index contributed by atoms with van der Waals surface area (Å²) >= 11 is 0. The minimum atomic E-state index is -0.0544. The third kappa shape index (κ3) is 8.47. The van der Waals surface area contributed by atoms with Crippen LogP contribution in [0.5, 0.6) is 0 Å². The van der Waals surface area contributed by atoms with Crippen LogP contribution in [-0.2, 0) is 27.1 Å². The molecule has 0 fully saturated rings. The van der Waals surface area contributed by atoms with E-state index in [1.807, 2.05) is 0 Å². The van der Waals surface area contributed by atoms with Crippen molar-refractivity contribution >= 4 is 74.3 Å². The van der Waals surface area contributed by atoms with E-state index in [0.29, 0.717) is 0 Å². The molecule has 0 aromatic heterocycles. The number of rotatable bonds is 5. The number of anilines is 9. The maximum Gasteiger partial charge on any atom is 0.252 e. The summed E-state index contributed by atoms with van der Waals surface area (Å²) in [5.41, 5.74) is 23.6. The number of benzene rings is 7. The highest BCUT2D eigenvalue weighted by Gasteiger charge is 2.45. The van der Waals surface area contributed by atoms with Crippen LogP contribution in [0.2, 0.25) is 0 Å². The Morgan fingerprint density at radius 3 is 1.19 bits per heavy atom. The number of hydrogen-bond donors (Lipinski definition) is 0. The van der Waals surface area contributed by atoms with Crippen LogP contribution in [0, 0.1) is 13.8 Å². The molecule has 348 valence electrons. The molecule has 0 saturated heterocycles. The molecule has 0 amide bonds. The highest BCUT2D eigenvalue weighted by atomic mass is 15.2. The van der Waals surface area contributed by atoms with Gasteiger partial charge in [-0.05, 0) is 157 Å². The number of hydrogen-bond acceptors (Lipinski definition) is 3. The van der Waals surface area contributed by atoms with Gasteiger partial charge in [-0.2, -0.15) is 0 Å². The quantitative estimate of drug-likeness (QED) is 0.159. The normalized spacial score (nSPS) is 13.9. The molecule has 0 bridgehead atoms. The van der Waals surface area contributed by atoms with Crippen LogP contribution in [-0.4, -0.2) is 6.71 Å². The van der Waals surface area contributed by atoms with Crippen molar-refractivity contribution in [1.29, 1.82) is 0 Å². The first kappa shape index (κ1) is 47.1. The first-order valence-electron chi connectivity index (χ1n) is 25.0. The lowest BCUT2D eigenvalue weighted by molar-refractivity contribution is 0.589. The van der Waals surface area contributed by atoms with Gasteiger partial charge in [0.2, 0.25) is 0 Å². The van der Waals surface area contributed by atoms with E-state index in [1.54, 1.807) is 0 Å². The second kappa shape index (κ2) is 16.3. The van der Waals surface area contributed by atoms with Gasteiger partial charge in [0.05, 0.1) is 5.69 Å². The average Bonchev–Trinajstić information content (AvgIpc) is 3.25. The average molecular weight is 896 g/mol. The molecule has 2 aliphatic heterocycles. The van der Waals surface area contributed by atoms with Gasteiger partial charge in [0.15, 0.2) is 0 Å². The van der Waals surface area contributed by atoms with Gasteiger partial charge < -0.3 is 14.7 Å². The maximum absolute atomic E-state index is 2.61. The minimum Gasteiger partial charge on any atom is -0.311 e. The summed E-state index contributed by atoms with van der Waals surface area (Å²) in [6.45, 7) is 39.3. The molecule has 7 aromatic rings. The maximum atomic E-state index is 2.61. The molecule has 3 nitrogen and oxygen atoms in total. The van der Waals surface area contributed by atoms with Crippen LogP contribution in [0.1, 0.15) is 143 Å². The van der Waals surface area contributed by atoms with E-state index < -0.39 is 0 Å². The molecular weight excluding hydrogens is 822 g/mol. The highest BCUT2D eigenvalue weighted by molar-refractivity contribution is 7.00. The Labute approximate surface area is 410 Å². The third-order valence-electron chi connectivity index (χ3n) is 14.6. The fourth-order valence-electron chi connectivity index (χ4n) is 10.4. The standard InChI is InChI=1S/C64H74BN3/c1-41-24-33-54(42(2)34-41)66(48-29-25-43(26-30-48)60(3,4)5)51-39-57-59-58(40-51)68(50-23-19-21-45(36-50)62(9,10)11)56-38-47(64(15,16)17)28-32-53(56)65(59)52-31-27-46(63(12,13)14)37-55(52)67(57)49-22-18-20-44(35-49)61(6,7)8/h18-40H,1-17H3.